The average Bonchev–Trinajstić information content (AvgIpc) is 2.66. The second kappa shape index (κ2) is 3.55. The Morgan fingerprint density at radius 1 is 1.15 bits per heavy atom. The molecule has 0 radical (unpaired) electrons. The van der Waals surface area contributed by atoms with Gasteiger partial charge in [0, 0.05) is 12.3 Å². The number of hydrogen-bond donors (Lipinski definition) is 1. The summed E-state index contributed by atoms with van der Waals surface area (Å²) in [5.41, 5.74) is 0. The smallest absolute Gasteiger partial charge is 0.212 e. The molecule has 0 spiro atoms. The summed E-state index contributed by atoms with van der Waals surface area (Å²) in [4.78, 5) is 0. The molecule has 0 aromatic heterocycles. The normalized spacial score (nSPS) is 18.8. The van der Waals surface area contributed by atoms with Crippen LogP contribution < -0.4 is 4.72 Å². The van der Waals surface area contributed by atoms with Gasteiger partial charge in [-0.25, -0.2) is 21.6 Å². The second-order valence-corrected chi connectivity index (χ2v) is 7.47. The summed E-state index contributed by atoms with van der Waals surface area (Å²) >= 11 is 0. The molecule has 0 saturated heterocycles. The minimum Gasteiger partial charge on any atom is -0.229 e. The van der Waals surface area contributed by atoms with Crippen LogP contribution in [0.25, 0.3) is 0 Å². The highest BCUT2D eigenvalue weighted by atomic mass is 32.2. The number of nitrogens with one attached hydrogen (secondary N) is 1. The van der Waals surface area contributed by atoms with Crippen molar-refractivity contribution in [3.63, 3.8) is 0 Å². The molecule has 0 amide bonds. The van der Waals surface area contributed by atoms with Crippen LogP contribution in [0.5, 0.6) is 0 Å². The Hall–Kier alpha value is -0.140. The van der Waals surface area contributed by atoms with E-state index in [0.29, 0.717) is 0 Å². The second-order valence-electron chi connectivity index (χ2n) is 3.34. The lowest BCUT2D eigenvalue weighted by Crippen LogP contribution is -2.31. The minimum atomic E-state index is -3.38. The highest BCUT2D eigenvalue weighted by Gasteiger charge is 2.27. The van der Waals surface area contributed by atoms with Crippen molar-refractivity contribution in [2.45, 2.75) is 18.9 Å². The predicted molar refractivity (Wildman–Crippen MR) is 49.7 cm³/mol. The molecule has 0 unspecified atom stereocenters. The number of rotatable bonds is 5. The predicted octanol–water partition coefficient (Wildman–Crippen LogP) is -0.887. The van der Waals surface area contributed by atoms with Crippen LogP contribution in [0.15, 0.2) is 0 Å². The molecule has 78 valence electrons. The summed E-state index contributed by atoms with van der Waals surface area (Å²) in [6.07, 6.45) is 2.75. The summed E-state index contributed by atoms with van der Waals surface area (Å²) in [6, 6.07) is 0.0459. The van der Waals surface area contributed by atoms with Crippen molar-refractivity contribution in [1.29, 1.82) is 0 Å². The molecule has 1 saturated carbocycles. The van der Waals surface area contributed by atoms with E-state index in [1.165, 1.54) is 0 Å². The highest BCUT2D eigenvalue weighted by Crippen LogP contribution is 2.19. The Labute approximate surface area is 78.5 Å². The first kappa shape index (κ1) is 10.9. The van der Waals surface area contributed by atoms with Crippen molar-refractivity contribution in [1.82, 2.24) is 4.72 Å². The van der Waals surface area contributed by atoms with Gasteiger partial charge < -0.3 is 0 Å². The lowest BCUT2D eigenvalue weighted by Gasteiger charge is -2.03. The molecule has 0 aromatic carbocycles. The zero-order valence-corrected chi connectivity index (χ0v) is 8.99. The van der Waals surface area contributed by atoms with E-state index in [0.717, 1.165) is 19.1 Å². The highest BCUT2D eigenvalue weighted by molar-refractivity contribution is 7.93. The summed E-state index contributed by atoms with van der Waals surface area (Å²) in [7, 11) is -6.57. The third kappa shape index (κ3) is 5.22. The quantitative estimate of drug-likeness (QED) is 0.661. The number of sulfonamides is 1. The Balaban J connectivity index is 2.42. The van der Waals surface area contributed by atoms with Crippen molar-refractivity contribution >= 4 is 19.9 Å². The van der Waals surface area contributed by atoms with Gasteiger partial charge in [-0.15, -0.1) is 0 Å². The zero-order valence-electron chi connectivity index (χ0n) is 7.36. The maximum Gasteiger partial charge on any atom is 0.212 e. The van der Waals surface area contributed by atoms with Gasteiger partial charge in [0.15, 0.2) is 0 Å². The lowest BCUT2D eigenvalue weighted by molar-refractivity contribution is 0.578. The van der Waals surface area contributed by atoms with Gasteiger partial charge in [0.1, 0.15) is 9.84 Å². The van der Waals surface area contributed by atoms with Crippen LogP contribution in [0.3, 0.4) is 0 Å². The fourth-order valence-electron chi connectivity index (χ4n) is 0.775. The summed E-state index contributed by atoms with van der Waals surface area (Å²) < 4.78 is 46.1. The molecular formula is C6H13NO4S2. The van der Waals surface area contributed by atoms with E-state index < -0.39 is 19.9 Å². The Morgan fingerprint density at radius 2 is 1.69 bits per heavy atom. The van der Waals surface area contributed by atoms with Crippen molar-refractivity contribution in [2.24, 2.45) is 0 Å². The van der Waals surface area contributed by atoms with Crippen LogP contribution in [0.1, 0.15) is 12.8 Å². The monoisotopic (exact) mass is 227 g/mol. The van der Waals surface area contributed by atoms with Crippen molar-refractivity contribution in [3.05, 3.63) is 0 Å². The molecule has 0 heterocycles. The summed E-state index contributed by atoms with van der Waals surface area (Å²) in [5, 5.41) is 0. The molecule has 1 aliphatic rings. The van der Waals surface area contributed by atoms with Crippen LogP contribution in [0.4, 0.5) is 0 Å². The maximum atomic E-state index is 11.2. The largest absolute Gasteiger partial charge is 0.229 e. The first-order chi connectivity index (χ1) is 5.79. The fraction of sp³-hybridized carbons (Fsp3) is 1.00. The summed E-state index contributed by atoms with van der Waals surface area (Å²) in [5.74, 6) is -0.641. The molecule has 5 nitrogen and oxygen atoms in total. The SMILES string of the molecule is CS(=O)(=O)CCS(=O)(=O)NC1CC1. The number of hydrogen-bond acceptors (Lipinski definition) is 4. The topological polar surface area (TPSA) is 80.3 Å². The molecule has 0 aromatic rings. The van der Waals surface area contributed by atoms with Gasteiger partial charge in [-0.3, -0.25) is 0 Å². The van der Waals surface area contributed by atoms with Gasteiger partial charge in [-0.2, -0.15) is 0 Å². The molecule has 1 aliphatic carbocycles. The molecule has 0 aliphatic heterocycles. The van der Waals surface area contributed by atoms with Crippen molar-refractivity contribution < 1.29 is 16.8 Å². The van der Waals surface area contributed by atoms with Crippen LogP contribution in [0.2, 0.25) is 0 Å². The van der Waals surface area contributed by atoms with E-state index >= 15 is 0 Å². The van der Waals surface area contributed by atoms with Crippen molar-refractivity contribution in [3.8, 4) is 0 Å². The molecule has 0 atom stereocenters. The van der Waals surface area contributed by atoms with Crippen LogP contribution in [0, 0.1) is 0 Å². The Bertz CT molecular complexity index is 365. The van der Waals surface area contributed by atoms with E-state index in [9.17, 15) is 16.8 Å². The van der Waals surface area contributed by atoms with Gasteiger partial charge in [-0.05, 0) is 12.8 Å². The van der Waals surface area contributed by atoms with E-state index in [4.69, 9.17) is 0 Å². The van der Waals surface area contributed by atoms with Gasteiger partial charge >= 0.3 is 0 Å². The molecule has 7 heteroatoms. The Kier molecular flexibility index (Phi) is 2.98. The van der Waals surface area contributed by atoms with E-state index in [2.05, 4.69) is 4.72 Å². The fourth-order valence-corrected chi connectivity index (χ4v) is 3.73. The third-order valence-corrected chi connectivity index (χ3v) is 4.28. The minimum absolute atomic E-state index is 0.0459. The first-order valence-corrected chi connectivity index (χ1v) is 7.67. The first-order valence-electron chi connectivity index (χ1n) is 3.96. The van der Waals surface area contributed by atoms with Crippen molar-refractivity contribution in [2.75, 3.05) is 17.8 Å². The molecule has 1 rings (SSSR count). The van der Waals surface area contributed by atoms with Crippen LogP contribution in [-0.2, 0) is 19.9 Å². The standard InChI is InChI=1S/C6H13NO4S2/c1-12(8,9)4-5-13(10,11)7-6-2-3-6/h6-7H,2-5H2,1H3. The maximum absolute atomic E-state index is 11.2. The zero-order chi connectivity index (χ0) is 10.1. The molecule has 1 fully saturated rings. The van der Waals surface area contributed by atoms with Crippen LogP contribution >= 0.6 is 0 Å². The van der Waals surface area contributed by atoms with E-state index in [-0.39, 0.29) is 17.5 Å². The average molecular weight is 227 g/mol. The molecule has 0 bridgehead atoms. The van der Waals surface area contributed by atoms with Gasteiger partial charge in [-0.1, -0.05) is 0 Å². The van der Waals surface area contributed by atoms with Gasteiger partial charge in [0.25, 0.3) is 0 Å². The molecule has 1 N–H and O–H groups in total. The van der Waals surface area contributed by atoms with Gasteiger partial charge in [0.05, 0.1) is 11.5 Å². The van der Waals surface area contributed by atoms with Gasteiger partial charge in [0.2, 0.25) is 10.0 Å². The van der Waals surface area contributed by atoms with E-state index in [1.54, 1.807) is 0 Å². The summed E-state index contributed by atoms with van der Waals surface area (Å²) in [6.45, 7) is 0. The van der Waals surface area contributed by atoms with Crippen LogP contribution in [-0.4, -0.2) is 40.6 Å². The molecular weight excluding hydrogens is 214 g/mol. The Morgan fingerprint density at radius 3 is 2.08 bits per heavy atom. The number of sulfone groups is 1. The van der Waals surface area contributed by atoms with E-state index in [1.807, 2.05) is 0 Å². The lowest BCUT2D eigenvalue weighted by atomic mass is 10.8. The third-order valence-electron chi connectivity index (χ3n) is 1.65. The molecule has 13 heavy (non-hydrogen) atoms.